The maximum atomic E-state index is 10.2. The van der Waals surface area contributed by atoms with Gasteiger partial charge in [0.2, 0.25) is 0 Å². The van der Waals surface area contributed by atoms with Crippen LogP contribution < -0.4 is 21.7 Å². The number of aromatic carboxylic acids is 2. The number of aromatic nitrogens is 2. The van der Waals surface area contributed by atoms with E-state index in [-0.39, 0.29) is 43.2 Å². The Bertz CT molecular complexity index is 581. The number of hydrogen-bond acceptors (Lipinski definition) is 8. The number of carboxylic acid groups (broad SMARTS) is 2. The predicted molar refractivity (Wildman–Crippen MR) is 66.0 cm³/mol. The van der Waals surface area contributed by atoms with Gasteiger partial charge in [0.1, 0.15) is 11.6 Å². The second-order valence-corrected chi connectivity index (χ2v) is 3.45. The Kier molecular flexibility index (Phi) is 7.60. The maximum absolute atomic E-state index is 10.2. The fraction of sp³-hybridized carbons (Fsp3) is 0. The summed E-state index contributed by atoms with van der Waals surface area (Å²) >= 11 is 0. The van der Waals surface area contributed by atoms with Gasteiger partial charge in [0.05, 0.1) is 11.9 Å². The van der Waals surface area contributed by atoms with Crippen LogP contribution in [0.5, 0.6) is 0 Å². The van der Waals surface area contributed by atoms with Crippen molar-refractivity contribution in [1.82, 2.24) is 9.97 Å². The number of hydrogen-bond donors (Lipinski definition) is 2. The van der Waals surface area contributed by atoms with E-state index in [1.807, 2.05) is 0 Å². The van der Waals surface area contributed by atoms with E-state index >= 15 is 0 Å². The van der Waals surface area contributed by atoms with E-state index in [0.717, 1.165) is 0 Å². The van der Waals surface area contributed by atoms with Crippen LogP contribution in [0, 0.1) is 0 Å². The second-order valence-electron chi connectivity index (χ2n) is 3.45. The molecule has 0 radical (unpaired) electrons. The second kappa shape index (κ2) is 8.63. The minimum Gasteiger partial charge on any atom is -0.545 e. The van der Waals surface area contributed by atoms with E-state index in [9.17, 15) is 19.8 Å². The molecule has 0 aliphatic rings. The van der Waals surface area contributed by atoms with Crippen molar-refractivity contribution in [1.29, 1.82) is 0 Å². The van der Waals surface area contributed by atoms with Crippen LogP contribution in [0.1, 0.15) is 20.7 Å². The number of rotatable bonds is 2. The Morgan fingerprint density at radius 1 is 0.857 bits per heavy atom. The zero-order valence-electron chi connectivity index (χ0n) is 10.5. The zero-order valence-corrected chi connectivity index (χ0v) is 12.0. The number of nitrogens with two attached hydrogens (primary N) is 2. The minimum atomic E-state index is -1.30. The van der Waals surface area contributed by atoms with Gasteiger partial charge in [-0.3, -0.25) is 0 Å². The first-order valence-corrected chi connectivity index (χ1v) is 5.27. The number of carbonyl (C=O) groups is 2. The summed E-state index contributed by atoms with van der Waals surface area (Å²) in [4.78, 5) is 27.5. The Hall–Kier alpha value is -2.50. The van der Waals surface area contributed by atoms with Crippen molar-refractivity contribution in [2.75, 3.05) is 11.5 Å². The van der Waals surface area contributed by atoms with Crippen LogP contribution in [0.3, 0.4) is 0 Å². The van der Waals surface area contributed by atoms with Crippen molar-refractivity contribution in [2.24, 2.45) is 0 Å². The molecule has 2 aromatic rings. The number of nitrogen functional groups attached to an aromatic ring is 2. The van der Waals surface area contributed by atoms with Crippen LogP contribution in [0.15, 0.2) is 36.7 Å². The Morgan fingerprint density at radius 3 is 1.38 bits per heavy atom. The van der Waals surface area contributed by atoms with Gasteiger partial charge in [0.15, 0.2) is 0 Å². The number of carbonyl (C=O) groups excluding carboxylic acids is 2. The molecular formula is C12H10N4O4Pd. The monoisotopic (exact) mass is 380 g/mol. The summed E-state index contributed by atoms with van der Waals surface area (Å²) in [6.07, 6.45) is 2.84. The summed E-state index contributed by atoms with van der Waals surface area (Å²) in [6.45, 7) is 0. The Balaban J connectivity index is 0.000000364. The average molecular weight is 381 g/mol. The van der Waals surface area contributed by atoms with Crippen LogP contribution in [-0.2, 0) is 20.4 Å². The fourth-order valence-corrected chi connectivity index (χ4v) is 1.18. The summed E-state index contributed by atoms with van der Waals surface area (Å²) < 4.78 is 0. The standard InChI is InChI=1S/2C6H6N2O2.Pd/c2*7-5-4(6(9)10)2-1-3-8-5;/h2*1-3H,(H2,7,8)(H,9,10);/q;;+2/p-2. The third-order valence-electron chi connectivity index (χ3n) is 2.12. The normalized spacial score (nSPS) is 8.76. The van der Waals surface area contributed by atoms with Crippen molar-refractivity contribution < 1.29 is 40.2 Å². The van der Waals surface area contributed by atoms with Crippen molar-refractivity contribution >= 4 is 23.6 Å². The Morgan fingerprint density at radius 2 is 1.19 bits per heavy atom. The van der Waals surface area contributed by atoms with Gasteiger partial charge in [-0.05, 0) is 24.3 Å². The molecule has 0 saturated carbocycles. The van der Waals surface area contributed by atoms with Crippen LogP contribution in [0.25, 0.3) is 0 Å². The molecule has 0 aromatic carbocycles. The molecule has 0 amide bonds. The quantitative estimate of drug-likeness (QED) is 0.569. The van der Waals surface area contributed by atoms with Crippen molar-refractivity contribution in [3.8, 4) is 0 Å². The maximum Gasteiger partial charge on any atom is 2.00 e. The molecule has 0 unspecified atom stereocenters. The molecule has 8 nitrogen and oxygen atoms in total. The van der Waals surface area contributed by atoms with Gasteiger partial charge < -0.3 is 31.3 Å². The molecule has 21 heavy (non-hydrogen) atoms. The first-order valence-electron chi connectivity index (χ1n) is 5.27. The van der Waals surface area contributed by atoms with Crippen molar-refractivity contribution in [3.63, 3.8) is 0 Å². The smallest absolute Gasteiger partial charge is 0.545 e. The van der Waals surface area contributed by atoms with E-state index in [0.29, 0.717) is 0 Å². The summed E-state index contributed by atoms with van der Waals surface area (Å²) in [5.74, 6) is -2.62. The summed E-state index contributed by atoms with van der Waals surface area (Å²) in [6, 6.07) is 5.66. The van der Waals surface area contributed by atoms with Crippen molar-refractivity contribution in [3.05, 3.63) is 47.8 Å². The van der Waals surface area contributed by atoms with Crippen LogP contribution in [0.4, 0.5) is 11.6 Å². The number of carboxylic acids is 2. The molecule has 4 N–H and O–H groups in total. The van der Waals surface area contributed by atoms with Crippen molar-refractivity contribution in [2.45, 2.75) is 0 Å². The number of anilines is 2. The molecule has 0 bridgehead atoms. The van der Waals surface area contributed by atoms with Gasteiger partial charge in [-0.1, -0.05) is 0 Å². The van der Waals surface area contributed by atoms with E-state index in [4.69, 9.17) is 11.5 Å². The fourth-order valence-electron chi connectivity index (χ4n) is 1.18. The summed E-state index contributed by atoms with van der Waals surface area (Å²) in [7, 11) is 0. The predicted octanol–water partition coefficient (Wildman–Crippen LogP) is -1.95. The SMILES string of the molecule is Nc1ncccc1C(=O)[O-].Nc1ncccc1C(=O)[O-].[Pd+2]. The average Bonchev–Trinajstić information content (AvgIpc) is 2.40. The number of nitrogens with zero attached hydrogens (tertiary/aromatic N) is 2. The van der Waals surface area contributed by atoms with Gasteiger partial charge in [-0.2, -0.15) is 0 Å². The summed E-state index contributed by atoms with van der Waals surface area (Å²) in [5.41, 5.74) is 10.2. The molecule has 0 aliphatic carbocycles. The molecular weight excluding hydrogens is 371 g/mol. The zero-order chi connectivity index (χ0) is 15.1. The molecule has 0 aliphatic heterocycles. The molecule has 0 fully saturated rings. The molecule has 2 aromatic heterocycles. The van der Waals surface area contributed by atoms with Crippen LogP contribution >= 0.6 is 0 Å². The molecule has 2 heterocycles. The third kappa shape index (κ3) is 5.56. The first kappa shape index (κ1) is 18.5. The third-order valence-corrected chi connectivity index (χ3v) is 2.12. The van der Waals surface area contributed by atoms with Gasteiger partial charge in [-0.15, -0.1) is 0 Å². The first-order chi connectivity index (χ1) is 9.43. The van der Waals surface area contributed by atoms with Gasteiger partial charge in [0.25, 0.3) is 0 Å². The largest absolute Gasteiger partial charge is 2.00 e. The topological polar surface area (TPSA) is 158 Å². The van der Waals surface area contributed by atoms with E-state index < -0.39 is 11.9 Å². The van der Waals surface area contributed by atoms with Crippen LogP contribution in [-0.4, -0.2) is 21.9 Å². The number of pyridine rings is 2. The van der Waals surface area contributed by atoms with E-state index in [1.54, 1.807) is 0 Å². The Labute approximate surface area is 133 Å². The molecule has 9 heteroatoms. The van der Waals surface area contributed by atoms with Gasteiger partial charge in [-0.25, -0.2) is 9.97 Å². The molecule has 0 spiro atoms. The van der Waals surface area contributed by atoms with Crippen LogP contribution in [0.2, 0.25) is 0 Å². The molecule has 0 atom stereocenters. The van der Waals surface area contributed by atoms with Gasteiger partial charge in [0, 0.05) is 23.5 Å². The minimum absolute atomic E-state index is 0. The van der Waals surface area contributed by atoms with E-state index in [1.165, 1.54) is 36.7 Å². The molecule has 0 saturated heterocycles. The molecule has 2 rings (SSSR count). The summed E-state index contributed by atoms with van der Waals surface area (Å²) in [5, 5.41) is 20.4. The molecule has 112 valence electrons. The van der Waals surface area contributed by atoms with Gasteiger partial charge >= 0.3 is 20.4 Å². The van der Waals surface area contributed by atoms with E-state index in [2.05, 4.69) is 9.97 Å².